The SMILES string of the molecule is O=C(Nc1nc(CC(=O)N2CCC3CCC(C2)N3)cs1)c1cccs1. The molecule has 2 fully saturated rings. The zero-order valence-corrected chi connectivity index (χ0v) is 15.4. The van der Waals surface area contributed by atoms with E-state index in [2.05, 4.69) is 15.6 Å². The third-order valence-corrected chi connectivity index (χ3v) is 6.40. The Morgan fingerprint density at radius 3 is 3.00 bits per heavy atom. The minimum absolute atomic E-state index is 0.121. The number of hydrogen-bond donors (Lipinski definition) is 2. The summed E-state index contributed by atoms with van der Waals surface area (Å²) in [5.74, 6) is -0.0346. The molecule has 6 nitrogen and oxygen atoms in total. The molecule has 2 aliphatic rings. The van der Waals surface area contributed by atoms with Gasteiger partial charge in [-0.05, 0) is 30.7 Å². The van der Waals surface area contributed by atoms with Gasteiger partial charge in [-0.25, -0.2) is 4.98 Å². The number of rotatable bonds is 4. The molecule has 4 heterocycles. The van der Waals surface area contributed by atoms with Crippen LogP contribution < -0.4 is 10.6 Å². The molecular formula is C17H20N4O2S2. The minimum Gasteiger partial charge on any atom is -0.341 e. The Morgan fingerprint density at radius 1 is 1.28 bits per heavy atom. The quantitative estimate of drug-likeness (QED) is 0.859. The van der Waals surface area contributed by atoms with E-state index in [4.69, 9.17) is 0 Å². The first kappa shape index (κ1) is 16.7. The number of hydrogen-bond acceptors (Lipinski definition) is 6. The molecule has 0 aromatic carbocycles. The summed E-state index contributed by atoms with van der Waals surface area (Å²) >= 11 is 2.75. The van der Waals surface area contributed by atoms with Crippen LogP contribution >= 0.6 is 22.7 Å². The first-order valence-electron chi connectivity index (χ1n) is 8.50. The van der Waals surface area contributed by atoms with Gasteiger partial charge in [0.2, 0.25) is 5.91 Å². The standard InChI is InChI=1S/C17H20N4O2S2/c22-15(21-6-5-11-3-4-12(9-21)18-11)8-13-10-25-17(19-13)20-16(23)14-2-1-7-24-14/h1-2,7,10-12,18H,3-6,8-9H2,(H,19,20,23). The molecule has 2 bridgehead atoms. The van der Waals surface area contributed by atoms with E-state index in [1.807, 2.05) is 21.7 Å². The number of likely N-dealkylation sites (tertiary alicyclic amines) is 1. The van der Waals surface area contributed by atoms with Crippen molar-refractivity contribution in [2.75, 3.05) is 18.4 Å². The fraction of sp³-hybridized carbons (Fsp3) is 0.471. The molecule has 2 aliphatic heterocycles. The lowest BCUT2D eigenvalue weighted by molar-refractivity contribution is -0.130. The molecule has 0 spiro atoms. The second-order valence-corrected chi connectivity index (χ2v) is 8.32. The number of nitrogens with zero attached hydrogens (tertiary/aromatic N) is 2. The number of fused-ring (bicyclic) bond motifs is 2. The predicted molar refractivity (Wildman–Crippen MR) is 99.2 cm³/mol. The number of carbonyl (C=O) groups excluding carboxylic acids is 2. The van der Waals surface area contributed by atoms with Gasteiger partial charge in [0, 0.05) is 30.6 Å². The van der Waals surface area contributed by atoms with Gasteiger partial charge in [0.15, 0.2) is 5.13 Å². The first-order valence-corrected chi connectivity index (χ1v) is 10.3. The van der Waals surface area contributed by atoms with Crippen molar-refractivity contribution in [1.29, 1.82) is 0 Å². The van der Waals surface area contributed by atoms with Crippen LogP contribution in [0.4, 0.5) is 5.13 Å². The Labute approximate surface area is 154 Å². The Kier molecular flexibility index (Phi) is 4.82. The van der Waals surface area contributed by atoms with Gasteiger partial charge in [0.05, 0.1) is 17.0 Å². The highest BCUT2D eigenvalue weighted by Crippen LogP contribution is 2.22. The van der Waals surface area contributed by atoms with Gasteiger partial charge < -0.3 is 10.2 Å². The molecule has 132 valence electrons. The highest BCUT2D eigenvalue weighted by molar-refractivity contribution is 7.14. The van der Waals surface area contributed by atoms with E-state index in [0.29, 0.717) is 28.5 Å². The maximum Gasteiger partial charge on any atom is 0.267 e. The molecule has 0 radical (unpaired) electrons. The van der Waals surface area contributed by atoms with Crippen molar-refractivity contribution in [3.05, 3.63) is 33.5 Å². The van der Waals surface area contributed by atoms with Crippen LogP contribution in [0.3, 0.4) is 0 Å². The molecule has 4 rings (SSSR count). The van der Waals surface area contributed by atoms with E-state index in [0.717, 1.165) is 31.6 Å². The van der Waals surface area contributed by atoms with E-state index in [9.17, 15) is 9.59 Å². The van der Waals surface area contributed by atoms with E-state index in [1.165, 1.54) is 29.1 Å². The fourth-order valence-electron chi connectivity index (χ4n) is 3.45. The van der Waals surface area contributed by atoms with E-state index in [-0.39, 0.29) is 11.8 Å². The smallest absolute Gasteiger partial charge is 0.267 e. The molecule has 2 N–H and O–H groups in total. The summed E-state index contributed by atoms with van der Waals surface area (Å²) in [5.41, 5.74) is 0.721. The molecular weight excluding hydrogens is 356 g/mol. The topological polar surface area (TPSA) is 74.3 Å². The van der Waals surface area contributed by atoms with Crippen LogP contribution in [-0.4, -0.2) is 46.9 Å². The molecule has 2 aromatic rings. The van der Waals surface area contributed by atoms with Crippen LogP contribution in [0.5, 0.6) is 0 Å². The van der Waals surface area contributed by atoms with Crippen molar-refractivity contribution in [1.82, 2.24) is 15.2 Å². The lowest BCUT2D eigenvalue weighted by Gasteiger charge is -2.24. The number of thiophene rings is 1. The molecule has 0 aliphatic carbocycles. The van der Waals surface area contributed by atoms with E-state index < -0.39 is 0 Å². The van der Waals surface area contributed by atoms with Crippen LogP contribution in [0.2, 0.25) is 0 Å². The van der Waals surface area contributed by atoms with Crippen LogP contribution in [0.25, 0.3) is 0 Å². The lowest BCUT2D eigenvalue weighted by Crippen LogP contribution is -2.39. The molecule has 8 heteroatoms. The average Bonchev–Trinajstić information content (AvgIpc) is 3.29. The summed E-state index contributed by atoms with van der Waals surface area (Å²) in [4.78, 5) is 31.6. The van der Waals surface area contributed by atoms with Crippen molar-refractivity contribution < 1.29 is 9.59 Å². The maximum absolute atomic E-state index is 12.6. The molecule has 0 saturated carbocycles. The Morgan fingerprint density at radius 2 is 2.16 bits per heavy atom. The van der Waals surface area contributed by atoms with Gasteiger partial charge in [-0.1, -0.05) is 6.07 Å². The maximum atomic E-state index is 12.6. The van der Waals surface area contributed by atoms with Crippen LogP contribution in [0, 0.1) is 0 Å². The third-order valence-electron chi connectivity index (χ3n) is 4.73. The average molecular weight is 377 g/mol. The van der Waals surface area contributed by atoms with Crippen molar-refractivity contribution in [3.63, 3.8) is 0 Å². The van der Waals surface area contributed by atoms with Gasteiger partial charge >= 0.3 is 0 Å². The van der Waals surface area contributed by atoms with Gasteiger partial charge in [0.1, 0.15) is 0 Å². The van der Waals surface area contributed by atoms with Crippen molar-refractivity contribution in [2.24, 2.45) is 0 Å². The second kappa shape index (κ2) is 7.23. The van der Waals surface area contributed by atoms with Crippen LogP contribution in [0.15, 0.2) is 22.9 Å². The zero-order valence-electron chi connectivity index (χ0n) is 13.7. The summed E-state index contributed by atoms with van der Waals surface area (Å²) in [7, 11) is 0. The normalized spacial score (nSPS) is 22.6. The molecule has 2 unspecified atom stereocenters. The Bertz CT molecular complexity index is 759. The minimum atomic E-state index is -0.156. The first-order chi connectivity index (χ1) is 12.2. The molecule has 2 saturated heterocycles. The van der Waals surface area contributed by atoms with Gasteiger partial charge in [-0.15, -0.1) is 22.7 Å². The fourth-order valence-corrected chi connectivity index (χ4v) is 4.77. The number of aromatic nitrogens is 1. The zero-order chi connectivity index (χ0) is 17.2. The summed E-state index contributed by atoms with van der Waals surface area (Å²) in [6.07, 6.45) is 3.71. The van der Waals surface area contributed by atoms with Crippen molar-refractivity contribution in [3.8, 4) is 0 Å². The number of anilines is 1. The highest BCUT2D eigenvalue weighted by Gasteiger charge is 2.31. The largest absolute Gasteiger partial charge is 0.341 e. The summed E-state index contributed by atoms with van der Waals surface area (Å²) in [6.45, 7) is 1.61. The number of thiazole rings is 1. The predicted octanol–water partition coefficient (Wildman–Crippen LogP) is 2.35. The number of carbonyl (C=O) groups is 2. The van der Waals surface area contributed by atoms with E-state index >= 15 is 0 Å². The van der Waals surface area contributed by atoms with Crippen LogP contribution in [0.1, 0.15) is 34.6 Å². The van der Waals surface area contributed by atoms with Gasteiger partial charge in [0.25, 0.3) is 5.91 Å². The van der Waals surface area contributed by atoms with Gasteiger partial charge in [-0.3, -0.25) is 14.9 Å². The monoisotopic (exact) mass is 376 g/mol. The molecule has 25 heavy (non-hydrogen) atoms. The summed E-state index contributed by atoms with van der Waals surface area (Å²) < 4.78 is 0. The lowest BCUT2D eigenvalue weighted by atomic mass is 10.1. The summed E-state index contributed by atoms with van der Waals surface area (Å²) in [5, 5.41) is 10.6. The Balaban J connectivity index is 1.34. The highest BCUT2D eigenvalue weighted by atomic mass is 32.1. The molecule has 2 amide bonds. The van der Waals surface area contributed by atoms with Gasteiger partial charge in [-0.2, -0.15) is 0 Å². The second-order valence-electron chi connectivity index (χ2n) is 6.52. The number of nitrogens with one attached hydrogen (secondary N) is 2. The van der Waals surface area contributed by atoms with Crippen LogP contribution in [-0.2, 0) is 11.2 Å². The third kappa shape index (κ3) is 3.91. The van der Waals surface area contributed by atoms with E-state index in [1.54, 1.807) is 6.07 Å². The summed E-state index contributed by atoms with van der Waals surface area (Å²) in [6, 6.07) is 4.63. The molecule has 2 aromatic heterocycles. The molecule has 2 atom stereocenters. The van der Waals surface area contributed by atoms with Crippen molar-refractivity contribution >= 4 is 39.6 Å². The van der Waals surface area contributed by atoms with Crippen molar-refractivity contribution in [2.45, 2.75) is 37.8 Å². The Hall–Kier alpha value is -1.77. The number of amides is 2.